The number of carbonyl (C=O) groups is 2. The Kier molecular flexibility index (Phi) is 6.32. The van der Waals surface area contributed by atoms with Gasteiger partial charge in [-0.3, -0.25) is 14.4 Å². The second kappa shape index (κ2) is 9.35. The van der Waals surface area contributed by atoms with Crippen LogP contribution in [-0.4, -0.2) is 26.2 Å². The number of para-hydroxylation sites is 1. The largest absolute Gasteiger partial charge is 0.335 e. The third-order valence-electron chi connectivity index (χ3n) is 5.93. The average molecular weight is 458 g/mol. The molecule has 0 spiro atoms. The van der Waals surface area contributed by atoms with E-state index in [0.717, 1.165) is 16.8 Å². The molecular weight excluding hydrogens is 430 g/mol. The van der Waals surface area contributed by atoms with E-state index in [2.05, 4.69) is 15.7 Å². The number of carbonyl (C=O) groups excluding carboxylic acids is 2. The van der Waals surface area contributed by atoms with Gasteiger partial charge in [0.15, 0.2) is 0 Å². The van der Waals surface area contributed by atoms with Crippen molar-refractivity contribution >= 4 is 34.0 Å². The van der Waals surface area contributed by atoms with Crippen molar-refractivity contribution in [3.05, 3.63) is 82.5 Å². The molecule has 0 aliphatic heterocycles. The topological polar surface area (TPSA) is 98.0 Å². The minimum atomic E-state index is -0.507. The average Bonchev–Trinajstić information content (AvgIpc) is 3.07. The Morgan fingerprint density at radius 3 is 2.15 bits per heavy atom. The highest BCUT2D eigenvalue weighted by Crippen LogP contribution is 2.28. The van der Waals surface area contributed by atoms with Crippen molar-refractivity contribution in [1.29, 1.82) is 0 Å². The molecule has 0 bridgehead atoms. The molecule has 0 aliphatic rings. The van der Waals surface area contributed by atoms with Gasteiger partial charge in [-0.15, -0.1) is 0 Å². The van der Waals surface area contributed by atoms with Crippen LogP contribution in [0.1, 0.15) is 37.7 Å². The number of aromatic nitrogens is 3. The summed E-state index contributed by atoms with van der Waals surface area (Å²) in [4.78, 5) is 37.8. The summed E-state index contributed by atoms with van der Waals surface area (Å²) < 4.78 is 3.31. The first kappa shape index (κ1) is 23.0. The van der Waals surface area contributed by atoms with E-state index >= 15 is 0 Å². The summed E-state index contributed by atoms with van der Waals surface area (Å²) >= 11 is 0. The highest BCUT2D eigenvalue weighted by atomic mass is 16.2. The van der Waals surface area contributed by atoms with Crippen LogP contribution in [0, 0.1) is 13.8 Å². The van der Waals surface area contributed by atoms with Crippen LogP contribution in [0.15, 0.2) is 65.6 Å². The van der Waals surface area contributed by atoms with E-state index < -0.39 is 6.04 Å². The second-order valence-electron chi connectivity index (χ2n) is 8.20. The van der Waals surface area contributed by atoms with Gasteiger partial charge in [-0.1, -0.05) is 25.1 Å². The predicted octanol–water partition coefficient (Wildman–Crippen LogP) is 4.35. The molecule has 2 aromatic carbocycles. The highest BCUT2D eigenvalue weighted by Gasteiger charge is 2.26. The Morgan fingerprint density at radius 1 is 0.941 bits per heavy atom. The number of fused-ring (bicyclic) bond motifs is 1. The molecule has 34 heavy (non-hydrogen) atoms. The van der Waals surface area contributed by atoms with Gasteiger partial charge in [0.05, 0.1) is 17.3 Å². The normalized spacial score (nSPS) is 11.9. The Bertz CT molecular complexity index is 1420. The lowest BCUT2D eigenvalue weighted by Crippen LogP contribution is -2.27. The van der Waals surface area contributed by atoms with Crippen molar-refractivity contribution in [2.75, 3.05) is 10.6 Å². The van der Waals surface area contributed by atoms with Gasteiger partial charge in [-0.25, -0.2) is 0 Å². The van der Waals surface area contributed by atoms with Gasteiger partial charge >= 0.3 is 0 Å². The molecule has 0 aliphatic carbocycles. The van der Waals surface area contributed by atoms with Crippen LogP contribution in [0.5, 0.6) is 0 Å². The maximum absolute atomic E-state index is 13.4. The fourth-order valence-corrected chi connectivity index (χ4v) is 4.35. The number of nitrogens with one attached hydrogen (secondary N) is 2. The second-order valence-corrected chi connectivity index (χ2v) is 8.20. The van der Waals surface area contributed by atoms with Gasteiger partial charge in [0, 0.05) is 35.1 Å². The molecule has 2 heterocycles. The van der Waals surface area contributed by atoms with E-state index in [9.17, 15) is 14.4 Å². The summed E-state index contributed by atoms with van der Waals surface area (Å²) in [7, 11) is 0. The van der Waals surface area contributed by atoms with Gasteiger partial charge in [0.1, 0.15) is 6.04 Å². The van der Waals surface area contributed by atoms with Crippen LogP contribution >= 0.6 is 0 Å². The van der Waals surface area contributed by atoms with Crippen LogP contribution in [-0.2, 0) is 9.59 Å². The molecule has 4 aromatic rings. The molecule has 2 aromatic heterocycles. The molecule has 4 rings (SSSR count). The highest BCUT2D eigenvalue weighted by molar-refractivity contribution is 5.96. The quantitative estimate of drug-likeness (QED) is 0.450. The van der Waals surface area contributed by atoms with Crippen molar-refractivity contribution in [2.45, 2.75) is 40.2 Å². The van der Waals surface area contributed by atoms with Crippen molar-refractivity contribution in [3.63, 3.8) is 0 Å². The maximum Gasteiger partial charge on any atom is 0.281 e. The summed E-state index contributed by atoms with van der Waals surface area (Å²) in [5.74, 6) is -0.341. The molecule has 0 saturated heterocycles. The molecule has 8 heteroatoms. The summed E-state index contributed by atoms with van der Waals surface area (Å²) in [6, 6.07) is 15.7. The van der Waals surface area contributed by atoms with Gasteiger partial charge in [-0.05, 0) is 56.7 Å². The summed E-state index contributed by atoms with van der Waals surface area (Å²) in [6.07, 6.45) is 2.23. The Hall–Kier alpha value is -4.20. The third kappa shape index (κ3) is 4.22. The van der Waals surface area contributed by atoms with E-state index in [1.807, 2.05) is 55.7 Å². The molecular formula is C26H27N5O3. The molecule has 0 fully saturated rings. The van der Waals surface area contributed by atoms with Crippen molar-refractivity contribution in [2.24, 2.45) is 0 Å². The van der Waals surface area contributed by atoms with E-state index in [1.54, 1.807) is 30.5 Å². The lowest BCUT2D eigenvalue weighted by atomic mass is 10.1. The molecule has 2 amide bonds. The lowest BCUT2D eigenvalue weighted by molar-refractivity contribution is -0.119. The minimum Gasteiger partial charge on any atom is -0.335 e. The Morgan fingerprint density at radius 2 is 1.56 bits per heavy atom. The molecule has 0 radical (unpaired) electrons. The summed E-state index contributed by atoms with van der Waals surface area (Å²) in [6.45, 7) is 7.15. The number of benzene rings is 2. The van der Waals surface area contributed by atoms with Crippen LogP contribution < -0.4 is 16.2 Å². The van der Waals surface area contributed by atoms with Crippen LogP contribution in [0.4, 0.5) is 11.4 Å². The summed E-state index contributed by atoms with van der Waals surface area (Å²) in [5.41, 5.74) is 3.30. The standard InChI is InChI=1S/C26H27N5O3/c1-5-23(25(33)29-20-13-11-19(12-14-20)28-18(4)32)30-16(2)22-15-27-31(21-9-7-6-8-10-21)26(34)24(22)17(30)3/h6-15,23H,5H2,1-4H3,(H,28,32)(H,29,33)/t23-/m1/s1. The first-order chi connectivity index (χ1) is 16.3. The fourth-order valence-electron chi connectivity index (χ4n) is 4.35. The fraction of sp³-hybridized carbons (Fsp3) is 0.231. The number of anilines is 2. The lowest BCUT2D eigenvalue weighted by Gasteiger charge is -2.21. The zero-order valence-electron chi connectivity index (χ0n) is 19.6. The number of amides is 2. The summed E-state index contributed by atoms with van der Waals surface area (Å²) in [5, 5.41) is 11.3. The molecule has 1 atom stereocenters. The number of nitrogens with zero attached hydrogens (tertiary/aromatic N) is 3. The predicted molar refractivity (Wildman–Crippen MR) is 134 cm³/mol. The van der Waals surface area contributed by atoms with Crippen LogP contribution in [0.3, 0.4) is 0 Å². The van der Waals surface area contributed by atoms with E-state index in [-0.39, 0.29) is 17.4 Å². The first-order valence-corrected chi connectivity index (χ1v) is 11.1. The van der Waals surface area contributed by atoms with Crippen molar-refractivity contribution < 1.29 is 9.59 Å². The van der Waals surface area contributed by atoms with Gasteiger partial charge in [0.2, 0.25) is 11.8 Å². The monoisotopic (exact) mass is 457 g/mol. The number of hydrogen-bond acceptors (Lipinski definition) is 4. The van der Waals surface area contributed by atoms with Crippen LogP contribution in [0.25, 0.3) is 16.5 Å². The van der Waals surface area contributed by atoms with Gasteiger partial charge in [-0.2, -0.15) is 9.78 Å². The first-order valence-electron chi connectivity index (χ1n) is 11.1. The maximum atomic E-state index is 13.4. The Labute approximate surface area is 197 Å². The van der Waals surface area contributed by atoms with Gasteiger partial charge in [0.25, 0.3) is 5.56 Å². The van der Waals surface area contributed by atoms with Crippen molar-refractivity contribution in [3.8, 4) is 5.69 Å². The third-order valence-corrected chi connectivity index (χ3v) is 5.93. The zero-order chi connectivity index (χ0) is 24.4. The van der Waals surface area contributed by atoms with Crippen LogP contribution in [0.2, 0.25) is 0 Å². The molecule has 0 unspecified atom stereocenters. The number of aryl methyl sites for hydroxylation is 2. The van der Waals surface area contributed by atoms with E-state index in [4.69, 9.17) is 0 Å². The number of rotatable bonds is 6. The van der Waals surface area contributed by atoms with Gasteiger partial charge < -0.3 is 15.2 Å². The van der Waals surface area contributed by atoms with Crippen molar-refractivity contribution in [1.82, 2.24) is 14.3 Å². The smallest absolute Gasteiger partial charge is 0.281 e. The van der Waals surface area contributed by atoms with E-state index in [1.165, 1.54) is 11.6 Å². The van der Waals surface area contributed by atoms with E-state index in [0.29, 0.717) is 28.9 Å². The minimum absolute atomic E-state index is 0.158. The zero-order valence-corrected chi connectivity index (χ0v) is 19.6. The molecule has 8 nitrogen and oxygen atoms in total. The molecule has 2 N–H and O–H groups in total. The Balaban J connectivity index is 1.70. The number of hydrogen-bond donors (Lipinski definition) is 2. The molecule has 174 valence electrons. The SMILES string of the molecule is CC[C@H](C(=O)Nc1ccc(NC(C)=O)cc1)n1c(C)c2cnn(-c3ccccc3)c(=O)c2c1C. The molecule has 0 saturated carbocycles.